The second-order valence-electron chi connectivity index (χ2n) is 4.25. The van der Waals surface area contributed by atoms with Crippen molar-refractivity contribution in [1.82, 2.24) is 4.67 Å². The van der Waals surface area contributed by atoms with Gasteiger partial charge in [0.1, 0.15) is 0 Å². The Morgan fingerprint density at radius 2 is 2.00 bits per heavy atom. The van der Waals surface area contributed by atoms with Gasteiger partial charge in [0, 0.05) is 25.4 Å². The average Bonchev–Trinajstić information content (AvgIpc) is 2.49. The Morgan fingerprint density at radius 1 is 1.31 bits per heavy atom. The van der Waals surface area contributed by atoms with Gasteiger partial charge < -0.3 is 4.57 Å². The van der Waals surface area contributed by atoms with E-state index in [4.69, 9.17) is 0 Å². The molecule has 0 spiro atoms. The number of piperidine rings is 1. The van der Waals surface area contributed by atoms with Gasteiger partial charge in [-0.15, -0.1) is 0 Å². The van der Waals surface area contributed by atoms with E-state index in [9.17, 15) is 4.57 Å². The number of hydrogen-bond acceptors (Lipinski definition) is 1. The molecular weight excluding hydrogens is 181 g/mol. The van der Waals surface area contributed by atoms with Crippen LogP contribution in [0.1, 0.15) is 26.2 Å². The molecule has 2 rings (SSSR count). The van der Waals surface area contributed by atoms with Gasteiger partial charge in [-0.2, -0.15) is 0 Å². The summed E-state index contributed by atoms with van der Waals surface area (Å²) in [6, 6.07) is 0. The third kappa shape index (κ3) is 1.89. The minimum absolute atomic E-state index is 0.832. The highest BCUT2D eigenvalue weighted by molar-refractivity contribution is 7.62. The van der Waals surface area contributed by atoms with Crippen LogP contribution in [0.4, 0.5) is 0 Å². The van der Waals surface area contributed by atoms with E-state index in [1.165, 1.54) is 24.8 Å². The lowest BCUT2D eigenvalue weighted by Gasteiger charge is -2.32. The summed E-state index contributed by atoms with van der Waals surface area (Å²) in [5.74, 6) is 0. The SMILES string of the molecule is CC1=CCP(=O)(N2CCCCC2)C1. The molecule has 0 amide bonds. The molecule has 0 N–H and O–H groups in total. The Hall–Kier alpha value is -0.0700. The molecule has 13 heavy (non-hydrogen) atoms. The van der Waals surface area contributed by atoms with Crippen molar-refractivity contribution in [1.29, 1.82) is 0 Å². The minimum Gasteiger partial charge on any atom is -0.306 e. The van der Waals surface area contributed by atoms with Crippen molar-refractivity contribution in [3.63, 3.8) is 0 Å². The zero-order valence-electron chi connectivity index (χ0n) is 8.33. The molecule has 1 fully saturated rings. The van der Waals surface area contributed by atoms with Gasteiger partial charge in [-0.05, 0) is 19.8 Å². The molecule has 3 heteroatoms. The molecule has 74 valence electrons. The minimum atomic E-state index is -1.96. The fourth-order valence-electron chi connectivity index (χ4n) is 2.27. The van der Waals surface area contributed by atoms with Crippen LogP contribution in [-0.2, 0) is 4.57 Å². The molecule has 0 aromatic heterocycles. The smallest absolute Gasteiger partial charge is 0.157 e. The lowest BCUT2D eigenvalue weighted by Crippen LogP contribution is -2.27. The van der Waals surface area contributed by atoms with E-state index in [1.54, 1.807) is 0 Å². The summed E-state index contributed by atoms with van der Waals surface area (Å²) in [6.07, 6.45) is 7.65. The first-order chi connectivity index (χ1) is 6.21. The normalized spacial score (nSPS) is 36.2. The van der Waals surface area contributed by atoms with Gasteiger partial charge in [0.25, 0.3) is 0 Å². The zero-order valence-corrected chi connectivity index (χ0v) is 9.22. The van der Waals surface area contributed by atoms with Crippen LogP contribution in [-0.4, -0.2) is 30.1 Å². The Labute approximate surface area is 80.4 Å². The highest BCUT2D eigenvalue weighted by Crippen LogP contribution is 2.55. The van der Waals surface area contributed by atoms with E-state index in [-0.39, 0.29) is 0 Å². The van der Waals surface area contributed by atoms with E-state index in [1.807, 2.05) is 0 Å². The monoisotopic (exact) mass is 199 g/mol. The number of allylic oxidation sites excluding steroid dienone is 2. The van der Waals surface area contributed by atoms with E-state index in [0.29, 0.717) is 0 Å². The molecule has 2 aliphatic heterocycles. The van der Waals surface area contributed by atoms with E-state index >= 15 is 0 Å². The van der Waals surface area contributed by atoms with Gasteiger partial charge in [0.2, 0.25) is 0 Å². The highest BCUT2D eigenvalue weighted by Gasteiger charge is 2.33. The third-order valence-corrected chi connectivity index (χ3v) is 6.25. The van der Waals surface area contributed by atoms with Crippen LogP contribution in [0.2, 0.25) is 0 Å². The van der Waals surface area contributed by atoms with Crippen molar-refractivity contribution < 1.29 is 4.57 Å². The second-order valence-corrected chi connectivity index (χ2v) is 7.19. The second kappa shape index (κ2) is 3.59. The fourth-order valence-corrected chi connectivity index (χ4v) is 5.35. The lowest BCUT2D eigenvalue weighted by atomic mass is 10.2. The molecule has 0 radical (unpaired) electrons. The Morgan fingerprint density at radius 3 is 2.54 bits per heavy atom. The van der Waals surface area contributed by atoms with Crippen LogP contribution in [0.3, 0.4) is 0 Å². The molecule has 2 heterocycles. The predicted octanol–water partition coefficient (Wildman–Crippen LogP) is 2.71. The van der Waals surface area contributed by atoms with Crippen LogP contribution in [0.5, 0.6) is 0 Å². The van der Waals surface area contributed by atoms with Gasteiger partial charge in [-0.25, -0.2) is 0 Å². The van der Waals surface area contributed by atoms with Crippen LogP contribution in [0, 0.1) is 0 Å². The first-order valence-corrected chi connectivity index (χ1v) is 7.23. The van der Waals surface area contributed by atoms with Crippen LogP contribution >= 0.6 is 7.29 Å². The molecular formula is C10H18NOP. The number of nitrogens with zero attached hydrogens (tertiary/aromatic N) is 1. The van der Waals surface area contributed by atoms with Crippen molar-refractivity contribution in [2.75, 3.05) is 25.4 Å². The Balaban J connectivity index is 2.03. The summed E-state index contributed by atoms with van der Waals surface area (Å²) in [7, 11) is -1.96. The third-order valence-electron chi connectivity index (χ3n) is 3.07. The topological polar surface area (TPSA) is 20.3 Å². The molecule has 0 aromatic carbocycles. The van der Waals surface area contributed by atoms with Gasteiger partial charge in [0.05, 0.1) is 0 Å². The molecule has 0 saturated carbocycles. The van der Waals surface area contributed by atoms with E-state index in [0.717, 1.165) is 25.4 Å². The van der Waals surface area contributed by atoms with Crippen molar-refractivity contribution in [3.8, 4) is 0 Å². The van der Waals surface area contributed by atoms with Crippen LogP contribution in [0.15, 0.2) is 11.6 Å². The molecule has 2 aliphatic rings. The van der Waals surface area contributed by atoms with Crippen molar-refractivity contribution in [2.24, 2.45) is 0 Å². The summed E-state index contributed by atoms with van der Waals surface area (Å²) in [5.41, 5.74) is 1.33. The maximum atomic E-state index is 12.5. The molecule has 1 saturated heterocycles. The average molecular weight is 199 g/mol. The van der Waals surface area contributed by atoms with Crippen LogP contribution in [0.25, 0.3) is 0 Å². The molecule has 0 aromatic rings. The molecule has 0 aliphatic carbocycles. The number of rotatable bonds is 1. The highest BCUT2D eigenvalue weighted by atomic mass is 31.2. The summed E-state index contributed by atoms with van der Waals surface area (Å²) >= 11 is 0. The predicted molar refractivity (Wildman–Crippen MR) is 56.5 cm³/mol. The van der Waals surface area contributed by atoms with E-state index in [2.05, 4.69) is 17.7 Å². The molecule has 1 unspecified atom stereocenters. The maximum Gasteiger partial charge on any atom is 0.157 e. The molecule has 0 bridgehead atoms. The standard InChI is InChI=1S/C10H18NOP/c1-10-5-8-13(12,9-10)11-6-3-2-4-7-11/h5H,2-4,6-9H2,1H3. The van der Waals surface area contributed by atoms with Crippen molar-refractivity contribution in [2.45, 2.75) is 26.2 Å². The van der Waals surface area contributed by atoms with Gasteiger partial charge in [-0.1, -0.05) is 18.1 Å². The molecule has 1 atom stereocenters. The lowest BCUT2D eigenvalue weighted by molar-refractivity contribution is 0.347. The molecule has 2 nitrogen and oxygen atoms in total. The Kier molecular flexibility index (Phi) is 2.62. The Bertz CT molecular complexity index is 266. The summed E-state index contributed by atoms with van der Waals surface area (Å²) < 4.78 is 14.7. The first-order valence-electron chi connectivity index (χ1n) is 5.20. The van der Waals surface area contributed by atoms with Gasteiger partial charge in [0.15, 0.2) is 7.29 Å². The number of hydrogen-bond donors (Lipinski definition) is 0. The first kappa shape index (κ1) is 9.48. The van der Waals surface area contributed by atoms with Crippen molar-refractivity contribution >= 4 is 7.29 Å². The fraction of sp³-hybridized carbons (Fsp3) is 0.800. The van der Waals surface area contributed by atoms with Crippen molar-refractivity contribution in [3.05, 3.63) is 11.6 Å². The zero-order chi connectivity index (χ0) is 9.31. The van der Waals surface area contributed by atoms with E-state index < -0.39 is 7.29 Å². The largest absolute Gasteiger partial charge is 0.306 e. The van der Waals surface area contributed by atoms with Gasteiger partial charge >= 0.3 is 0 Å². The summed E-state index contributed by atoms with van der Waals surface area (Å²) in [6.45, 7) is 4.24. The van der Waals surface area contributed by atoms with Gasteiger partial charge in [-0.3, -0.25) is 4.67 Å². The van der Waals surface area contributed by atoms with Crippen LogP contribution < -0.4 is 0 Å². The summed E-state index contributed by atoms with van der Waals surface area (Å²) in [5, 5.41) is 0. The summed E-state index contributed by atoms with van der Waals surface area (Å²) in [4.78, 5) is 0. The quantitative estimate of drug-likeness (QED) is 0.478. The maximum absolute atomic E-state index is 12.5.